The van der Waals surface area contributed by atoms with Crippen LogP contribution in [0, 0.1) is 11.3 Å². The lowest BCUT2D eigenvalue weighted by Gasteiger charge is -2.41. The number of hydrogen-bond acceptors (Lipinski definition) is 1. The second-order valence-electron chi connectivity index (χ2n) is 6.73. The molecular weight excluding hydrogens is 218 g/mol. The molecule has 1 nitrogen and oxygen atoms in total. The largest absolute Gasteiger partial charge is 0.310 e. The van der Waals surface area contributed by atoms with Crippen LogP contribution in [0.15, 0.2) is 30.3 Å². The van der Waals surface area contributed by atoms with Crippen LogP contribution in [0.4, 0.5) is 0 Å². The molecule has 0 bridgehead atoms. The molecule has 0 spiro atoms. The average molecular weight is 245 g/mol. The highest BCUT2D eigenvalue weighted by atomic mass is 14.9. The Bertz CT molecular complexity index is 350. The maximum absolute atomic E-state index is 3.79. The van der Waals surface area contributed by atoms with Crippen molar-refractivity contribution in [3.63, 3.8) is 0 Å². The summed E-state index contributed by atoms with van der Waals surface area (Å²) in [5.74, 6) is 0.815. The van der Waals surface area contributed by atoms with E-state index in [0.29, 0.717) is 11.5 Å². The molecule has 1 aliphatic carbocycles. The Morgan fingerprint density at radius 1 is 1.06 bits per heavy atom. The molecule has 1 heteroatoms. The highest BCUT2D eigenvalue weighted by Gasteiger charge is 2.33. The van der Waals surface area contributed by atoms with Gasteiger partial charge < -0.3 is 5.32 Å². The Morgan fingerprint density at radius 3 is 2.39 bits per heavy atom. The van der Waals surface area contributed by atoms with Crippen molar-refractivity contribution in [2.45, 2.75) is 59.0 Å². The first-order valence-corrected chi connectivity index (χ1v) is 7.34. The minimum absolute atomic E-state index is 0.425. The first kappa shape index (κ1) is 13.6. The lowest BCUT2D eigenvalue weighted by Crippen LogP contribution is -2.43. The van der Waals surface area contributed by atoms with E-state index >= 15 is 0 Å². The molecule has 0 aliphatic heterocycles. The van der Waals surface area contributed by atoms with E-state index in [1.165, 1.54) is 31.2 Å². The zero-order valence-corrected chi connectivity index (χ0v) is 12.1. The Labute approximate surface area is 112 Å². The predicted octanol–water partition coefficient (Wildman–Crippen LogP) is 4.38. The number of nitrogens with one attached hydrogen (secondary N) is 1. The molecular formula is C17H27N. The molecule has 2 rings (SSSR count). The predicted molar refractivity (Wildman–Crippen MR) is 78.5 cm³/mol. The van der Waals surface area contributed by atoms with Gasteiger partial charge in [-0.1, -0.05) is 63.9 Å². The summed E-state index contributed by atoms with van der Waals surface area (Å²) >= 11 is 0. The van der Waals surface area contributed by atoms with Crippen LogP contribution in [0.2, 0.25) is 0 Å². The molecule has 0 heterocycles. The summed E-state index contributed by atoms with van der Waals surface area (Å²) in [6, 6.07) is 11.4. The number of hydrogen-bond donors (Lipinski definition) is 1. The minimum Gasteiger partial charge on any atom is -0.310 e. The Balaban J connectivity index is 1.94. The molecule has 1 aliphatic rings. The molecule has 0 radical (unpaired) electrons. The molecule has 100 valence electrons. The van der Waals surface area contributed by atoms with Gasteiger partial charge in [-0.05, 0) is 29.7 Å². The topological polar surface area (TPSA) is 12.0 Å². The minimum atomic E-state index is 0.425. The normalized spacial score (nSPS) is 25.1. The van der Waals surface area contributed by atoms with Crippen molar-refractivity contribution in [1.29, 1.82) is 0 Å². The van der Waals surface area contributed by atoms with Gasteiger partial charge in [0, 0.05) is 12.6 Å². The van der Waals surface area contributed by atoms with E-state index in [9.17, 15) is 0 Å². The van der Waals surface area contributed by atoms with Gasteiger partial charge in [0.25, 0.3) is 0 Å². The highest BCUT2D eigenvalue weighted by Crippen LogP contribution is 2.38. The van der Waals surface area contributed by atoms with Gasteiger partial charge in [-0.3, -0.25) is 0 Å². The second-order valence-corrected chi connectivity index (χ2v) is 6.73. The summed E-state index contributed by atoms with van der Waals surface area (Å²) in [6.07, 6.45) is 5.52. The van der Waals surface area contributed by atoms with Gasteiger partial charge in [0.2, 0.25) is 0 Å². The van der Waals surface area contributed by atoms with Gasteiger partial charge in [0.15, 0.2) is 0 Å². The van der Waals surface area contributed by atoms with Crippen LogP contribution in [0.5, 0.6) is 0 Å². The molecule has 2 unspecified atom stereocenters. The van der Waals surface area contributed by atoms with Gasteiger partial charge in [-0.15, -0.1) is 0 Å². The van der Waals surface area contributed by atoms with E-state index in [0.717, 1.165) is 12.5 Å². The summed E-state index contributed by atoms with van der Waals surface area (Å²) < 4.78 is 0. The van der Waals surface area contributed by atoms with E-state index in [-0.39, 0.29) is 0 Å². The smallest absolute Gasteiger partial charge is 0.0208 e. The van der Waals surface area contributed by atoms with E-state index in [1.807, 2.05) is 0 Å². The van der Waals surface area contributed by atoms with E-state index in [2.05, 4.69) is 56.4 Å². The quantitative estimate of drug-likeness (QED) is 0.833. The zero-order valence-electron chi connectivity index (χ0n) is 12.1. The summed E-state index contributed by atoms with van der Waals surface area (Å²) in [7, 11) is 0. The van der Waals surface area contributed by atoms with Crippen LogP contribution in [-0.4, -0.2) is 6.04 Å². The van der Waals surface area contributed by atoms with Crippen LogP contribution in [-0.2, 0) is 6.54 Å². The van der Waals surface area contributed by atoms with E-state index < -0.39 is 0 Å². The van der Waals surface area contributed by atoms with Crippen molar-refractivity contribution >= 4 is 0 Å². The van der Waals surface area contributed by atoms with Gasteiger partial charge >= 0.3 is 0 Å². The zero-order chi connectivity index (χ0) is 13.0. The third-order valence-electron chi connectivity index (χ3n) is 4.29. The molecule has 1 aromatic rings. The molecule has 0 aromatic heterocycles. The maximum atomic E-state index is 3.79. The van der Waals surface area contributed by atoms with Crippen LogP contribution >= 0.6 is 0 Å². The molecule has 2 atom stereocenters. The van der Waals surface area contributed by atoms with Gasteiger partial charge in [0.05, 0.1) is 0 Å². The van der Waals surface area contributed by atoms with Crippen LogP contribution in [0.3, 0.4) is 0 Å². The monoisotopic (exact) mass is 245 g/mol. The van der Waals surface area contributed by atoms with Crippen LogP contribution in [0.1, 0.15) is 52.0 Å². The Hall–Kier alpha value is -0.820. The lowest BCUT2D eigenvalue weighted by molar-refractivity contribution is 0.130. The van der Waals surface area contributed by atoms with Crippen LogP contribution in [0.25, 0.3) is 0 Å². The molecule has 18 heavy (non-hydrogen) atoms. The Morgan fingerprint density at radius 2 is 1.72 bits per heavy atom. The summed E-state index contributed by atoms with van der Waals surface area (Å²) in [5.41, 5.74) is 1.82. The summed E-state index contributed by atoms with van der Waals surface area (Å²) in [4.78, 5) is 0. The fraction of sp³-hybridized carbons (Fsp3) is 0.647. The molecule has 1 N–H and O–H groups in total. The van der Waals surface area contributed by atoms with E-state index in [4.69, 9.17) is 0 Å². The van der Waals surface area contributed by atoms with E-state index in [1.54, 1.807) is 0 Å². The fourth-order valence-electron chi connectivity index (χ4n) is 3.26. The van der Waals surface area contributed by atoms with Crippen molar-refractivity contribution in [2.24, 2.45) is 11.3 Å². The van der Waals surface area contributed by atoms with Crippen molar-refractivity contribution in [1.82, 2.24) is 5.32 Å². The first-order valence-electron chi connectivity index (χ1n) is 7.34. The van der Waals surface area contributed by atoms with Crippen molar-refractivity contribution in [3.8, 4) is 0 Å². The summed E-state index contributed by atoms with van der Waals surface area (Å²) in [6.45, 7) is 8.18. The second kappa shape index (κ2) is 5.88. The lowest BCUT2D eigenvalue weighted by atomic mass is 9.69. The van der Waals surface area contributed by atoms with Gasteiger partial charge in [-0.2, -0.15) is 0 Å². The molecule has 1 saturated carbocycles. The first-order chi connectivity index (χ1) is 8.57. The van der Waals surface area contributed by atoms with Crippen LogP contribution < -0.4 is 5.32 Å². The number of rotatable bonds is 3. The van der Waals surface area contributed by atoms with Crippen molar-refractivity contribution in [2.75, 3.05) is 0 Å². The summed E-state index contributed by atoms with van der Waals surface area (Å²) in [5, 5.41) is 3.79. The number of benzene rings is 1. The Kier molecular flexibility index (Phi) is 4.45. The average Bonchev–Trinajstić information content (AvgIpc) is 2.37. The fourth-order valence-corrected chi connectivity index (χ4v) is 3.26. The molecule has 1 fully saturated rings. The SMILES string of the molecule is CC(C)(C)C1CCCCC1NCc1ccccc1. The molecule has 0 amide bonds. The molecule has 0 saturated heterocycles. The van der Waals surface area contributed by atoms with Gasteiger partial charge in [0.1, 0.15) is 0 Å². The van der Waals surface area contributed by atoms with Gasteiger partial charge in [-0.25, -0.2) is 0 Å². The maximum Gasteiger partial charge on any atom is 0.0208 e. The van der Waals surface area contributed by atoms with Crippen molar-refractivity contribution < 1.29 is 0 Å². The van der Waals surface area contributed by atoms with Crippen molar-refractivity contribution in [3.05, 3.63) is 35.9 Å². The molecule has 1 aromatic carbocycles. The third kappa shape index (κ3) is 3.58. The third-order valence-corrected chi connectivity index (χ3v) is 4.29. The standard InChI is InChI=1S/C17H27N/c1-17(2,3)15-11-7-8-12-16(15)18-13-14-9-5-4-6-10-14/h4-6,9-10,15-16,18H,7-8,11-13H2,1-3H3. The highest BCUT2D eigenvalue weighted by molar-refractivity contribution is 5.14.